The zero-order valence-electron chi connectivity index (χ0n) is 25.3. The third-order valence-electron chi connectivity index (χ3n) is 7.30. The van der Waals surface area contributed by atoms with Crippen LogP contribution in [-0.4, -0.2) is 58.0 Å². The fraction of sp³-hybridized carbons (Fsp3) is 0.314. The smallest absolute Gasteiger partial charge is 0.248 e. The van der Waals surface area contributed by atoms with Gasteiger partial charge in [0.25, 0.3) is 0 Å². The molecule has 2 atom stereocenters. The van der Waals surface area contributed by atoms with Gasteiger partial charge in [-0.1, -0.05) is 86.6 Å². The third-order valence-corrected chi connectivity index (χ3v) is 7.30. The first kappa shape index (κ1) is 32.2. The SMILES string of the molecule is CC(C)C[C@@H](CO)NC(=O)[C@H](Cc1cnc[nH]1)NC(=O)/C(=C\c1cccc2ccccc12)CC(=O)NCCc1ccccc1. The number of imidazole rings is 1. The normalized spacial score (nSPS) is 13.0. The molecule has 0 fully saturated rings. The average molecular weight is 596 g/mol. The number of aliphatic hydroxyl groups is 1. The first-order chi connectivity index (χ1) is 21.3. The summed E-state index contributed by atoms with van der Waals surface area (Å²) in [5.74, 6) is -0.997. The Morgan fingerprint density at radius 2 is 1.70 bits per heavy atom. The summed E-state index contributed by atoms with van der Waals surface area (Å²) in [5.41, 5.74) is 2.77. The van der Waals surface area contributed by atoms with Crippen LogP contribution in [0.5, 0.6) is 0 Å². The number of amides is 3. The number of fused-ring (bicyclic) bond motifs is 1. The zero-order valence-corrected chi connectivity index (χ0v) is 25.3. The summed E-state index contributed by atoms with van der Waals surface area (Å²) < 4.78 is 0. The molecule has 0 saturated heterocycles. The van der Waals surface area contributed by atoms with Gasteiger partial charge in [0, 0.05) is 30.4 Å². The van der Waals surface area contributed by atoms with Crippen molar-refractivity contribution in [3.05, 3.63) is 108 Å². The van der Waals surface area contributed by atoms with Crippen molar-refractivity contribution in [3.8, 4) is 0 Å². The molecule has 1 heterocycles. The van der Waals surface area contributed by atoms with Crippen LogP contribution in [0, 0.1) is 5.92 Å². The number of aliphatic hydroxyl groups excluding tert-OH is 1. The highest BCUT2D eigenvalue weighted by Gasteiger charge is 2.26. The highest BCUT2D eigenvalue weighted by molar-refractivity contribution is 6.05. The molecule has 0 spiro atoms. The standard InChI is InChI=1S/C35H41N5O4/c1-24(2)17-30(22-41)39-35(44)32(20-29-21-36-23-38-29)40-34(43)28(18-27-13-8-12-26-11-6-7-14-31(26)27)19-33(42)37-16-15-25-9-4-3-5-10-25/h3-14,18,21,23-24,30,32,41H,15-17,19-20,22H2,1-2H3,(H,36,38)(H,37,42)(H,39,44)(H,40,43)/b28-18-/t30-,32-/m0/s1. The Morgan fingerprint density at radius 3 is 2.43 bits per heavy atom. The second kappa shape index (κ2) is 16.2. The van der Waals surface area contributed by atoms with E-state index in [4.69, 9.17) is 0 Å². The molecule has 5 N–H and O–H groups in total. The van der Waals surface area contributed by atoms with E-state index in [2.05, 4.69) is 25.9 Å². The van der Waals surface area contributed by atoms with Crippen LogP contribution in [-0.2, 0) is 27.2 Å². The highest BCUT2D eigenvalue weighted by atomic mass is 16.3. The molecule has 3 amide bonds. The number of benzene rings is 3. The lowest BCUT2D eigenvalue weighted by molar-refractivity contribution is -0.128. The number of aromatic nitrogens is 2. The van der Waals surface area contributed by atoms with E-state index in [1.807, 2.05) is 86.6 Å². The average Bonchev–Trinajstić information content (AvgIpc) is 3.53. The van der Waals surface area contributed by atoms with E-state index in [9.17, 15) is 19.5 Å². The van der Waals surface area contributed by atoms with E-state index in [1.165, 1.54) is 6.33 Å². The number of hydrogen-bond donors (Lipinski definition) is 5. The van der Waals surface area contributed by atoms with Gasteiger partial charge in [-0.05, 0) is 46.7 Å². The lowest BCUT2D eigenvalue weighted by atomic mass is 10.00. The molecule has 0 aliphatic rings. The minimum atomic E-state index is -0.971. The van der Waals surface area contributed by atoms with Crippen LogP contribution in [0.15, 0.2) is 90.9 Å². The van der Waals surface area contributed by atoms with Gasteiger partial charge < -0.3 is 26.0 Å². The molecule has 0 saturated carbocycles. The number of nitrogens with zero attached hydrogens (tertiary/aromatic N) is 1. The third kappa shape index (κ3) is 9.64. The van der Waals surface area contributed by atoms with Crippen molar-refractivity contribution >= 4 is 34.6 Å². The quantitative estimate of drug-likeness (QED) is 0.133. The predicted molar refractivity (Wildman–Crippen MR) is 172 cm³/mol. The Kier molecular flexibility index (Phi) is 11.8. The molecule has 0 unspecified atom stereocenters. The number of H-pyrrole nitrogens is 1. The van der Waals surface area contributed by atoms with E-state index in [-0.39, 0.29) is 36.8 Å². The summed E-state index contributed by atoms with van der Waals surface area (Å²) in [6.07, 6.45) is 6.05. The Bertz CT molecular complexity index is 1540. The van der Waals surface area contributed by atoms with E-state index in [0.29, 0.717) is 25.1 Å². The van der Waals surface area contributed by atoms with Gasteiger partial charge in [0.2, 0.25) is 17.7 Å². The minimum Gasteiger partial charge on any atom is -0.394 e. The van der Waals surface area contributed by atoms with Gasteiger partial charge in [-0.15, -0.1) is 0 Å². The summed E-state index contributed by atoms with van der Waals surface area (Å²) in [6.45, 7) is 4.22. The molecular formula is C35H41N5O4. The lowest BCUT2D eigenvalue weighted by Crippen LogP contribution is -2.52. The van der Waals surface area contributed by atoms with Crippen molar-refractivity contribution in [1.29, 1.82) is 0 Å². The molecule has 0 bridgehead atoms. The molecule has 1 aromatic heterocycles. The van der Waals surface area contributed by atoms with Crippen LogP contribution in [0.1, 0.15) is 43.5 Å². The number of carbonyl (C=O) groups is 3. The van der Waals surface area contributed by atoms with Gasteiger partial charge in [0.1, 0.15) is 6.04 Å². The van der Waals surface area contributed by atoms with Crippen molar-refractivity contribution in [1.82, 2.24) is 25.9 Å². The Hall–Kier alpha value is -4.76. The molecule has 4 aromatic rings. The van der Waals surface area contributed by atoms with Crippen LogP contribution < -0.4 is 16.0 Å². The van der Waals surface area contributed by atoms with Crippen LogP contribution in [0.2, 0.25) is 0 Å². The van der Waals surface area contributed by atoms with Crippen molar-refractivity contribution < 1.29 is 19.5 Å². The van der Waals surface area contributed by atoms with E-state index in [1.54, 1.807) is 12.3 Å². The first-order valence-electron chi connectivity index (χ1n) is 15.0. The second-order valence-corrected chi connectivity index (χ2v) is 11.3. The molecule has 0 aliphatic carbocycles. The molecule has 230 valence electrons. The van der Waals surface area contributed by atoms with Crippen molar-refractivity contribution in [2.45, 2.75) is 51.6 Å². The monoisotopic (exact) mass is 595 g/mol. The fourth-order valence-electron chi connectivity index (χ4n) is 5.11. The molecule has 0 aliphatic heterocycles. The number of aromatic amines is 1. The van der Waals surface area contributed by atoms with Crippen LogP contribution >= 0.6 is 0 Å². The fourth-order valence-corrected chi connectivity index (χ4v) is 5.11. The summed E-state index contributed by atoms with van der Waals surface area (Å²) in [4.78, 5) is 47.4. The maximum Gasteiger partial charge on any atom is 0.248 e. The second-order valence-electron chi connectivity index (χ2n) is 11.3. The van der Waals surface area contributed by atoms with Crippen LogP contribution in [0.3, 0.4) is 0 Å². The summed E-state index contributed by atoms with van der Waals surface area (Å²) in [5, 5.41) is 20.5. The molecule has 3 aromatic carbocycles. The summed E-state index contributed by atoms with van der Waals surface area (Å²) in [6, 6.07) is 22.0. The topological polar surface area (TPSA) is 136 Å². The van der Waals surface area contributed by atoms with Crippen LogP contribution in [0.4, 0.5) is 0 Å². The van der Waals surface area contributed by atoms with Crippen LogP contribution in [0.25, 0.3) is 16.8 Å². The van der Waals surface area contributed by atoms with Crippen molar-refractivity contribution in [2.24, 2.45) is 5.92 Å². The molecule has 9 heteroatoms. The number of carbonyl (C=O) groups excluding carboxylic acids is 3. The van der Waals surface area contributed by atoms with Crippen molar-refractivity contribution in [2.75, 3.05) is 13.2 Å². The van der Waals surface area contributed by atoms with Gasteiger partial charge in [-0.25, -0.2) is 4.98 Å². The Morgan fingerprint density at radius 1 is 0.955 bits per heavy atom. The van der Waals surface area contributed by atoms with Gasteiger partial charge in [0.05, 0.1) is 25.4 Å². The predicted octanol–water partition coefficient (Wildman–Crippen LogP) is 3.95. The maximum absolute atomic E-state index is 13.9. The molecule has 44 heavy (non-hydrogen) atoms. The highest BCUT2D eigenvalue weighted by Crippen LogP contribution is 2.22. The zero-order chi connectivity index (χ0) is 31.3. The van der Waals surface area contributed by atoms with E-state index in [0.717, 1.165) is 21.9 Å². The number of nitrogens with one attached hydrogen (secondary N) is 4. The number of hydrogen-bond acceptors (Lipinski definition) is 5. The van der Waals surface area contributed by atoms with E-state index < -0.39 is 23.9 Å². The Balaban J connectivity index is 1.57. The van der Waals surface area contributed by atoms with Gasteiger partial charge >= 0.3 is 0 Å². The largest absolute Gasteiger partial charge is 0.394 e. The minimum absolute atomic E-state index is 0.155. The maximum atomic E-state index is 13.9. The van der Waals surface area contributed by atoms with E-state index >= 15 is 0 Å². The van der Waals surface area contributed by atoms with Gasteiger partial charge in [-0.3, -0.25) is 14.4 Å². The summed E-state index contributed by atoms with van der Waals surface area (Å²) in [7, 11) is 0. The first-order valence-corrected chi connectivity index (χ1v) is 15.0. The lowest BCUT2D eigenvalue weighted by Gasteiger charge is -2.23. The molecular weight excluding hydrogens is 554 g/mol. The summed E-state index contributed by atoms with van der Waals surface area (Å²) >= 11 is 0. The Labute approximate surface area is 258 Å². The molecule has 9 nitrogen and oxygen atoms in total. The molecule has 0 radical (unpaired) electrons. The van der Waals surface area contributed by atoms with Gasteiger partial charge in [-0.2, -0.15) is 0 Å². The van der Waals surface area contributed by atoms with Gasteiger partial charge in [0.15, 0.2) is 0 Å². The number of rotatable bonds is 15. The molecule has 4 rings (SSSR count). The van der Waals surface area contributed by atoms with Crippen molar-refractivity contribution in [3.63, 3.8) is 0 Å².